The first-order valence-electron chi connectivity index (χ1n) is 8.86. The lowest BCUT2D eigenvalue weighted by molar-refractivity contribution is 0.0536. The average Bonchev–Trinajstić information content (AvgIpc) is 3.27. The number of likely N-dealkylation sites (tertiary alicyclic amines) is 1. The van der Waals surface area contributed by atoms with E-state index in [2.05, 4.69) is 40.9 Å². The van der Waals surface area contributed by atoms with E-state index in [0.717, 1.165) is 45.2 Å². The van der Waals surface area contributed by atoms with Crippen LogP contribution >= 0.6 is 11.3 Å². The highest BCUT2D eigenvalue weighted by atomic mass is 32.1. The summed E-state index contributed by atoms with van der Waals surface area (Å²) >= 11 is 1.75. The Morgan fingerprint density at radius 1 is 1.50 bits per heavy atom. The number of rotatable bonds is 9. The van der Waals surface area contributed by atoms with E-state index in [1.165, 1.54) is 5.56 Å². The van der Waals surface area contributed by atoms with Gasteiger partial charge >= 0.3 is 0 Å². The van der Waals surface area contributed by atoms with Crippen LogP contribution in [0.2, 0.25) is 0 Å². The molecule has 0 radical (unpaired) electrons. The smallest absolute Gasteiger partial charge is 0.193 e. The lowest BCUT2D eigenvalue weighted by Crippen LogP contribution is -2.40. The first-order valence-corrected chi connectivity index (χ1v) is 9.80. The second-order valence-corrected chi connectivity index (χ2v) is 7.10. The fourth-order valence-corrected chi connectivity index (χ4v) is 3.65. The van der Waals surface area contributed by atoms with Crippen molar-refractivity contribution >= 4 is 17.3 Å². The van der Waals surface area contributed by atoms with Crippen molar-refractivity contribution in [3.05, 3.63) is 22.4 Å². The number of hydrogen-bond donors (Lipinski definition) is 1. The van der Waals surface area contributed by atoms with E-state index < -0.39 is 0 Å². The van der Waals surface area contributed by atoms with Crippen molar-refractivity contribution in [1.29, 1.82) is 0 Å². The molecule has 0 bridgehead atoms. The molecule has 6 heteroatoms. The molecule has 0 aromatic carbocycles. The SMILES string of the molecule is CCNC(=NCC(C)c1ccsc1)N1CCC(COCCOC)C1. The number of ether oxygens (including phenoxy) is 2. The Bertz CT molecular complexity index is 479. The monoisotopic (exact) mass is 353 g/mol. The number of guanidine groups is 1. The molecule has 1 aromatic rings. The number of nitrogens with zero attached hydrogens (tertiary/aromatic N) is 2. The van der Waals surface area contributed by atoms with Crippen molar-refractivity contribution in [3.63, 3.8) is 0 Å². The van der Waals surface area contributed by atoms with E-state index >= 15 is 0 Å². The zero-order valence-corrected chi connectivity index (χ0v) is 16.0. The summed E-state index contributed by atoms with van der Waals surface area (Å²) in [6.07, 6.45) is 1.16. The fourth-order valence-electron chi connectivity index (χ4n) is 2.86. The van der Waals surface area contributed by atoms with Crippen LogP contribution in [0, 0.1) is 5.92 Å². The van der Waals surface area contributed by atoms with Gasteiger partial charge in [-0.15, -0.1) is 0 Å². The van der Waals surface area contributed by atoms with Crippen molar-refractivity contribution in [2.45, 2.75) is 26.2 Å². The molecule has 0 amide bonds. The van der Waals surface area contributed by atoms with Crippen LogP contribution in [0.1, 0.15) is 31.7 Å². The number of nitrogens with one attached hydrogen (secondary N) is 1. The Kier molecular flexibility index (Phi) is 8.56. The zero-order valence-electron chi connectivity index (χ0n) is 15.2. The zero-order chi connectivity index (χ0) is 17.2. The third kappa shape index (κ3) is 6.07. The van der Waals surface area contributed by atoms with Gasteiger partial charge in [0.05, 0.1) is 19.8 Å². The first kappa shape index (κ1) is 19.2. The lowest BCUT2D eigenvalue weighted by atomic mass is 10.1. The highest BCUT2D eigenvalue weighted by Crippen LogP contribution is 2.20. The molecule has 24 heavy (non-hydrogen) atoms. The summed E-state index contributed by atoms with van der Waals surface area (Å²) in [6.45, 7) is 10.3. The molecular weight excluding hydrogens is 322 g/mol. The molecular formula is C18H31N3O2S. The predicted octanol–water partition coefficient (Wildman–Crippen LogP) is 2.80. The van der Waals surface area contributed by atoms with Gasteiger partial charge in [0, 0.05) is 45.1 Å². The van der Waals surface area contributed by atoms with E-state index in [-0.39, 0.29) is 0 Å². The molecule has 2 heterocycles. The second kappa shape index (κ2) is 10.7. The van der Waals surface area contributed by atoms with E-state index in [0.29, 0.717) is 25.0 Å². The second-order valence-electron chi connectivity index (χ2n) is 6.32. The Morgan fingerprint density at radius 3 is 3.08 bits per heavy atom. The van der Waals surface area contributed by atoms with Crippen molar-refractivity contribution in [2.24, 2.45) is 10.9 Å². The minimum absolute atomic E-state index is 0.459. The number of thiophene rings is 1. The minimum Gasteiger partial charge on any atom is -0.382 e. The van der Waals surface area contributed by atoms with E-state index in [9.17, 15) is 0 Å². The molecule has 1 N–H and O–H groups in total. The summed E-state index contributed by atoms with van der Waals surface area (Å²) in [4.78, 5) is 7.24. The van der Waals surface area contributed by atoms with Crippen LogP contribution in [0.3, 0.4) is 0 Å². The topological polar surface area (TPSA) is 46.1 Å². The van der Waals surface area contributed by atoms with Gasteiger partial charge < -0.3 is 19.7 Å². The van der Waals surface area contributed by atoms with Crippen LogP contribution in [-0.2, 0) is 9.47 Å². The third-order valence-corrected chi connectivity index (χ3v) is 5.03. The highest BCUT2D eigenvalue weighted by Gasteiger charge is 2.25. The Hall–Kier alpha value is -1.11. The van der Waals surface area contributed by atoms with Gasteiger partial charge in [0.1, 0.15) is 0 Å². The molecule has 2 rings (SSSR count). The average molecular weight is 354 g/mol. The molecule has 2 atom stereocenters. The van der Waals surface area contributed by atoms with Gasteiger partial charge in [-0.25, -0.2) is 0 Å². The van der Waals surface area contributed by atoms with Gasteiger partial charge in [0.25, 0.3) is 0 Å². The summed E-state index contributed by atoms with van der Waals surface area (Å²) < 4.78 is 10.7. The van der Waals surface area contributed by atoms with Gasteiger partial charge in [-0.2, -0.15) is 11.3 Å². The normalized spacial score (nSPS) is 19.7. The van der Waals surface area contributed by atoms with Crippen LogP contribution in [0.4, 0.5) is 0 Å². The van der Waals surface area contributed by atoms with Crippen LogP contribution in [0.5, 0.6) is 0 Å². The predicted molar refractivity (Wildman–Crippen MR) is 101 cm³/mol. The van der Waals surface area contributed by atoms with Gasteiger partial charge in [-0.1, -0.05) is 6.92 Å². The Morgan fingerprint density at radius 2 is 2.38 bits per heavy atom. The molecule has 0 spiro atoms. The molecule has 1 fully saturated rings. The molecule has 5 nitrogen and oxygen atoms in total. The van der Waals surface area contributed by atoms with Crippen molar-refractivity contribution < 1.29 is 9.47 Å². The van der Waals surface area contributed by atoms with Crippen LogP contribution < -0.4 is 5.32 Å². The Balaban J connectivity index is 1.82. The van der Waals surface area contributed by atoms with Gasteiger partial charge in [0.2, 0.25) is 0 Å². The first-order chi connectivity index (χ1) is 11.7. The largest absolute Gasteiger partial charge is 0.382 e. The number of hydrogen-bond acceptors (Lipinski definition) is 4. The molecule has 2 unspecified atom stereocenters. The van der Waals surface area contributed by atoms with Crippen molar-refractivity contribution in [2.75, 3.05) is 53.1 Å². The molecule has 1 aliphatic heterocycles. The van der Waals surface area contributed by atoms with Crippen LogP contribution in [0.15, 0.2) is 21.8 Å². The van der Waals surface area contributed by atoms with E-state index in [1.54, 1.807) is 18.4 Å². The molecule has 1 saturated heterocycles. The standard InChI is InChI=1S/C18H31N3O2S/c1-4-19-18(20-11-15(2)17-6-10-24-14-17)21-7-5-16(12-21)13-23-9-8-22-3/h6,10,14-16H,4-5,7-9,11-13H2,1-3H3,(H,19,20). The molecule has 136 valence electrons. The van der Waals surface area contributed by atoms with Gasteiger partial charge in [-0.05, 0) is 35.7 Å². The summed E-state index contributed by atoms with van der Waals surface area (Å²) in [5.41, 5.74) is 1.38. The number of methoxy groups -OCH3 is 1. The summed E-state index contributed by atoms with van der Waals surface area (Å²) in [6, 6.07) is 2.20. The maximum Gasteiger partial charge on any atom is 0.193 e. The van der Waals surface area contributed by atoms with Crippen LogP contribution in [0.25, 0.3) is 0 Å². The summed E-state index contributed by atoms with van der Waals surface area (Å²) in [5, 5.41) is 7.79. The van der Waals surface area contributed by atoms with Gasteiger partial charge in [-0.3, -0.25) is 4.99 Å². The summed E-state index contributed by atoms with van der Waals surface area (Å²) in [7, 11) is 1.71. The van der Waals surface area contributed by atoms with Crippen LogP contribution in [-0.4, -0.2) is 64.0 Å². The fraction of sp³-hybridized carbons (Fsp3) is 0.722. The maximum absolute atomic E-state index is 5.68. The van der Waals surface area contributed by atoms with E-state index in [1.807, 2.05) is 0 Å². The number of aliphatic imine (C=N–C) groups is 1. The minimum atomic E-state index is 0.459. The molecule has 1 aromatic heterocycles. The van der Waals surface area contributed by atoms with Crippen molar-refractivity contribution in [3.8, 4) is 0 Å². The third-order valence-electron chi connectivity index (χ3n) is 4.33. The molecule has 0 aliphatic carbocycles. The Labute approximate surface area is 150 Å². The van der Waals surface area contributed by atoms with Crippen molar-refractivity contribution in [1.82, 2.24) is 10.2 Å². The quantitative estimate of drug-likeness (QED) is 0.421. The summed E-state index contributed by atoms with van der Waals surface area (Å²) in [5.74, 6) is 2.08. The maximum atomic E-state index is 5.68. The van der Waals surface area contributed by atoms with E-state index in [4.69, 9.17) is 14.5 Å². The highest BCUT2D eigenvalue weighted by molar-refractivity contribution is 7.07. The lowest BCUT2D eigenvalue weighted by Gasteiger charge is -2.22. The molecule has 0 saturated carbocycles. The van der Waals surface area contributed by atoms with Gasteiger partial charge in [0.15, 0.2) is 5.96 Å². The molecule has 1 aliphatic rings.